The Hall–Kier alpha value is -2.35. The molecule has 5 nitrogen and oxygen atoms in total. The van der Waals surface area contributed by atoms with Crippen molar-refractivity contribution in [3.05, 3.63) is 30.1 Å². The van der Waals surface area contributed by atoms with Crippen molar-refractivity contribution >= 4 is 5.82 Å². The number of rotatable bonds is 1. The molecule has 0 saturated heterocycles. The molecule has 2 heterocycles. The minimum absolute atomic E-state index is 0.222. The summed E-state index contributed by atoms with van der Waals surface area (Å²) in [5.74, 6) is 0.222. The predicted octanol–water partition coefficient (Wildman–Crippen LogP) is 0.926. The first-order valence-electron chi connectivity index (χ1n) is 3.97. The zero-order valence-electron chi connectivity index (χ0n) is 7.23. The van der Waals surface area contributed by atoms with Crippen LogP contribution in [0.3, 0.4) is 0 Å². The second-order valence-corrected chi connectivity index (χ2v) is 2.71. The van der Waals surface area contributed by atoms with Gasteiger partial charge in [-0.2, -0.15) is 10.4 Å². The summed E-state index contributed by atoms with van der Waals surface area (Å²) in [6, 6.07) is 5.57. The molecule has 3 N–H and O–H groups in total. The van der Waals surface area contributed by atoms with Crippen LogP contribution in [0.5, 0.6) is 0 Å². The largest absolute Gasteiger partial charge is 0.381 e. The van der Waals surface area contributed by atoms with Gasteiger partial charge in [0, 0.05) is 18.0 Å². The van der Waals surface area contributed by atoms with Gasteiger partial charge in [0.25, 0.3) is 0 Å². The van der Waals surface area contributed by atoms with Crippen molar-refractivity contribution in [1.29, 1.82) is 5.26 Å². The van der Waals surface area contributed by atoms with Crippen molar-refractivity contribution in [1.82, 2.24) is 15.2 Å². The summed E-state index contributed by atoms with van der Waals surface area (Å²) < 4.78 is 0. The van der Waals surface area contributed by atoms with Crippen LogP contribution in [0.2, 0.25) is 0 Å². The highest BCUT2D eigenvalue weighted by Gasteiger charge is 2.11. The Morgan fingerprint density at radius 2 is 2.07 bits per heavy atom. The van der Waals surface area contributed by atoms with E-state index in [1.807, 2.05) is 6.07 Å². The van der Waals surface area contributed by atoms with E-state index in [1.54, 1.807) is 24.5 Å². The van der Waals surface area contributed by atoms with Gasteiger partial charge in [0.15, 0.2) is 5.82 Å². The molecular weight excluding hydrogens is 178 g/mol. The first kappa shape index (κ1) is 8.26. The molecule has 0 radical (unpaired) electrons. The van der Waals surface area contributed by atoms with E-state index in [2.05, 4.69) is 15.2 Å². The second kappa shape index (κ2) is 3.18. The highest BCUT2D eigenvalue weighted by atomic mass is 15.2. The molecule has 0 atom stereocenters. The number of aromatic nitrogens is 3. The maximum atomic E-state index is 8.84. The molecule has 2 aromatic rings. The Bertz CT molecular complexity index is 480. The van der Waals surface area contributed by atoms with Crippen LogP contribution in [0.15, 0.2) is 24.5 Å². The van der Waals surface area contributed by atoms with Crippen molar-refractivity contribution in [3.63, 3.8) is 0 Å². The number of nitrogen functional groups attached to an aromatic ring is 1. The molecule has 5 heteroatoms. The maximum Gasteiger partial charge on any atom is 0.163 e. The van der Waals surface area contributed by atoms with E-state index in [-0.39, 0.29) is 5.82 Å². The Morgan fingerprint density at radius 1 is 1.36 bits per heavy atom. The molecule has 0 amide bonds. The van der Waals surface area contributed by atoms with Crippen LogP contribution in [-0.4, -0.2) is 15.2 Å². The molecule has 0 fully saturated rings. The zero-order valence-corrected chi connectivity index (χ0v) is 7.23. The van der Waals surface area contributed by atoms with Crippen molar-refractivity contribution in [2.45, 2.75) is 0 Å². The molecule has 2 aromatic heterocycles. The number of hydrogen-bond acceptors (Lipinski definition) is 4. The van der Waals surface area contributed by atoms with Gasteiger partial charge in [-0.15, -0.1) is 0 Å². The highest BCUT2D eigenvalue weighted by molar-refractivity contribution is 5.71. The molecular formula is C9H7N5. The summed E-state index contributed by atoms with van der Waals surface area (Å²) in [6.07, 6.45) is 3.29. The molecule has 0 bridgehead atoms. The Kier molecular flexibility index (Phi) is 1.88. The minimum atomic E-state index is 0.222. The SMILES string of the molecule is N#Cc1c(N)n[nH]c1-c1ccncc1. The summed E-state index contributed by atoms with van der Waals surface area (Å²) in [7, 11) is 0. The van der Waals surface area contributed by atoms with E-state index in [0.717, 1.165) is 5.56 Å². The van der Waals surface area contributed by atoms with Crippen LogP contribution in [-0.2, 0) is 0 Å². The molecule has 0 saturated carbocycles. The quantitative estimate of drug-likeness (QED) is 0.691. The van der Waals surface area contributed by atoms with Gasteiger partial charge in [-0.25, -0.2) is 0 Å². The fourth-order valence-corrected chi connectivity index (χ4v) is 1.20. The Morgan fingerprint density at radius 3 is 2.71 bits per heavy atom. The fraction of sp³-hybridized carbons (Fsp3) is 0. The molecule has 0 unspecified atom stereocenters. The smallest absolute Gasteiger partial charge is 0.163 e. The predicted molar refractivity (Wildman–Crippen MR) is 50.9 cm³/mol. The van der Waals surface area contributed by atoms with Crippen LogP contribution in [0.1, 0.15) is 5.56 Å². The monoisotopic (exact) mass is 185 g/mol. The van der Waals surface area contributed by atoms with E-state index in [4.69, 9.17) is 11.0 Å². The molecule has 0 aromatic carbocycles. The summed E-state index contributed by atoms with van der Waals surface area (Å²) in [4.78, 5) is 3.88. The summed E-state index contributed by atoms with van der Waals surface area (Å²) >= 11 is 0. The van der Waals surface area contributed by atoms with Crippen LogP contribution in [0.25, 0.3) is 11.3 Å². The van der Waals surface area contributed by atoms with E-state index in [0.29, 0.717) is 11.3 Å². The number of nitrogens with zero attached hydrogens (tertiary/aromatic N) is 3. The summed E-state index contributed by atoms with van der Waals surface area (Å²) in [5.41, 5.74) is 7.36. The normalized spacial score (nSPS) is 9.64. The average Bonchev–Trinajstić information content (AvgIpc) is 2.61. The van der Waals surface area contributed by atoms with Crippen LogP contribution < -0.4 is 5.73 Å². The van der Waals surface area contributed by atoms with Crippen LogP contribution in [0.4, 0.5) is 5.82 Å². The number of nitrogens with two attached hydrogens (primary N) is 1. The molecule has 0 aliphatic heterocycles. The van der Waals surface area contributed by atoms with E-state index >= 15 is 0 Å². The number of anilines is 1. The lowest BCUT2D eigenvalue weighted by Gasteiger charge is -1.95. The Balaban J connectivity index is 2.59. The van der Waals surface area contributed by atoms with E-state index < -0.39 is 0 Å². The fourth-order valence-electron chi connectivity index (χ4n) is 1.20. The lowest BCUT2D eigenvalue weighted by molar-refractivity contribution is 1.10. The van der Waals surface area contributed by atoms with Crippen LogP contribution in [0, 0.1) is 11.3 Å². The molecule has 0 aliphatic rings. The summed E-state index contributed by atoms with van der Waals surface area (Å²) in [6.45, 7) is 0. The van der Waals surface area contributed by atoms with Gasteiger partial charge >= 0.3 is 0 Å². The van der Waals surface area contributed by atoms with Crippen molar-refractivity contribution in [3.8, 4) is 17.3 Å². The van der Waals surface area contributed by atoms with Crippen molar-refractivity contribution in [2.24, 2.45) is 0 Å². The standard InChI is InChI=1S/C9H7N5/c10-5-7-8(13-14-9(7)11)6-1-3-12-4-2-6/h1-4H,(H3,11,13,14). The van der Waals surface area contributed by atoms with Gasteiger partial charge < -0.3 is 5.73 Å². The number of pyridine rings is 1. The molecule has 68 valence electrons. The Labute approximate surface area is 80.2 Å². The molecule has 0 aliphatic carbocycles. The third kappa shape index (κ3) is 1.19. The number of H-pyrrole nitrogens is 1. The van der Waals surface area contributed by atoms with Gasteiger partial charge in [-0.05, 0) is 12.1 Å². The zero-order chi connectivity index (χ0) is 9.97. The van der Waals surface area contributed by atoms with Gasteiger partial charge in [0.2, 0.25) is 0 Å². The second-order valence-electron chi connectivity index (χ2n) is 2.71. The molecule has 14 heavy (non-hydrogen) atoms. The highest BCUT2D eigenvalue weighted by Crippen LogP contribution is 2.23. The number of nitriles is 1. The first-order valence-corrected chi connectivity index (χ1v) is 3.97. The van der Waals surface area contributed by atoms with Gasteiger partial charge in [0.1, 0.15) is 11.6 Å². The first-order chi connectivity index (χ1) is 6.83. The van der Waals surface area contributed by atoms with Gasteiger partial charge in [-0.3, -0.25) is 10.1 Å². The lowest BCUT2D eigenvalue weighted by Crippen LogP contribution is -1.87. The van der Waals surface area contributed by atoms with Gasteiger partial charge in [-0.1, -0.05) is 0 Å². The maximum absolute atomic E-state index is 8.84. The third-order valence-corrected chi connectivity index (χ3v) is 1.88. The van der Waals surface area contributed by atoms with Gasteiger partial charge in [0.05, 0.1) is 5.69 Å². The average molecular weight is 185 g/mol. The number of aromatic amines is 1. The topological polar surface area (TPSA) is 91.4 Å². The van der Waals surface area contributed by atoms with E-state index in [1.165, 1.54) is 0 Å². The van der Waals surface area contributed by atoms with Crippen LogP contribution >= 0.6 is 0 Å². The van der Waals surface area contributed by atoms with E-state index in [9.17, 15) is 0 Å². The van der Waals surface area contributed by atoms with Crippen molar-refractivity contribution < 1.29 is 0 Å². The molecule has 0 spiro atoms. The molecule has 2 rings (SSSR count). The third-order valence-electron chi connectivity index (χ3n) is 1.88. The minimum Gasteiger partial charge on any atom is -0.381 e. The van der Waals surface area contributed by atoms with Crippen molar-refractivity contribution in [2.75, 3.05) is 5.73 Å². The number of hydrogen-bond donors (Lipinski definition) is 2. The summed E-state index contributed by atoms with van der Waals surface area (Å²) in [5, 5.41) is 15.3. The number of nitrogens with one attached hydrogen (secondary N) is 1. The lowest BCUT2D eigenvalue weighted by atomic mass is 10.1.